The Kier molecular flexibility index (Phi) is 3.13. The van der Waals surface area contributed by atoms with Crippen molar-refractivity contribution in [2.75, 3.05) is 0 Å². The van der Waals surface area contributed by atoms with E-state index in [0.29, 0.717) is 12.3 Å². The third kappa shape index (κ3) is 2.56. The molecular formula is C7H3ClF4N2O. The van der Waals surface area contributed by atoms with Gasteiger partial charge in [-0.25, -0.2) is 9.37 Å². The van der Waals surface area contributed by atoms with Gasteiger partial charge in [0, 0.05) is 5.56 Å². The number of oxime groups is 1. The van der Waals surface area contributed by atoms with Crippen molar-refractivity contribution in [2.24, 2.45) is 5.16 Å². The second-order valence-corrected chi connectivity index (χ2v) is 2.80. The van der Waals surface area contributed by atoms with Gasteiger partial charge in [-0.15, -0.1) is 0 Å². The van der Waals surface area contributed by atoms with Crippen LogP contribution in [0.25, 0.3) is 0 Å². The number of hydrogen-bond donors (Lipinski definition) is 1. The van der Waals surface area contributed by atoms with Gasteiger partial charge < -0.3 is 5.21 Å². The van der Waals surface area contributed by atoms with Crippen LogP contribution in [-0.4, -0.2) is 16.4 Å². The molecule has 0 bridgehead atoms. The highest BCUT2D eigenvalue weighted by Crippen LogP contribution is 2.30. The molecule has 0 unspecified atom stereocenters. The zero-order valence-corrected chi connectivity index (χ0v) is 7.64. The van der Waals surface area contributed by atoms with Gasteiger partial charge in [0.05, 0.1) is 6.21 Å². The Morgan fingerprint density at radius 2 is 2.07 bits per heavy atom. The number of halogens is 5. The zero-order valence-electron chi connectivity index (χ0n) is 6.89. The Morgan fingerprint density at radius 3 is 2.53 bits per heavy atom. The molecule has 0 spiro atoms. The molecule has 1 heterocycles. The number of aromatic nitrogens is 1. The van der Waals surface area contributed by atoms with Crippen molar-refractivity contribution in [2.45, 2.75) is 6.18 Å². The van der Waals surface area contributed by atoms with Crippen LogP contribution in [0.15, 0.2) is 11.2 Å². The lowest BCUT2D eigenvalue weighted by molar-refractivity contribution is -0.141. The van der Waals surface area contributed by atoms with Crippen molar-refractivity contribution >= 4 is 17.8 Å². The molecular weight excluding hydrogens is 240 g/mol. The molecule has 0 fully saturated rings. The largest absolute Gasteiger partial charge is 0.433 e. The molecule has 0 aromatic carbocycles. The highest BCUT2D eigenvalue weighted by Gasteiger charge is 2.34. The number of alkyl halides is 3. The summed E-state index contributed by atoms with van der Waals surface area (Å²) in [7, 11) is 0. The summed E-state index contributed by atoms with van der Waals surface area (Å²) in [6.45, 7) is 0. The van der Waals surface area contributed by atoms with Crippen LogP contribution in [0.4, 0.5) is 17.6 Å². The predicted molar refractivity (Wildman–Crippen MR) is 43.6 cm³/mol. The Hall–Kier alpha value is -1.37. The molecule has 0 aliphatic rings. The minimum atomic E-state index is -4.74. The quantitative estimate of drug-likeness (QED) is 0.271. The van der Waals surface area contributed by atoms with E-state index in [1.165, 1.54) is 0 Å². The monoisotopic (exact) mass is 242 g/mol. The van der Waals surface area contributed by atoms with E-state index >= 15 is 0 Å². The SMILES string of the molecule is O/N=C/c1cc(C(F)(F)F)nc(Cl)c1F. The van der Waals surface area contributed by atoms with Crippen LogP contribution in [-0.2, 0) is 6.18 Å². The minimum absolute atomic E-state index is 0.390. The van der Waals surface area contributed by atoms with Gasteiger partial charge >= 0.3 is 6.18 Å². The molecule has 1 rings (SSSR count). The molecule has 1 aromatic heterocycles. The Bertz CT molecular complexity index is 405. The topological polar surface area (TPSA) is 45.5 Å². The first-order chi connectivity index (χ1) is 6.86. The lowest BCUT2D eigenvalue weighted by Gasteiger charge is -2.07. The van der Waals surface area contributed by atoms with Crippen LogP contribution < -0.4 is 0 Å². The summed E-state index contributed by atoms with van der Waals surface area (Å²) in [6, 6.07) is 0.390. The normalized spacial score (nSPS) is 12.3. The third-order valence-electron chi connectivity index (χ3n) is 1.43. The summed E-state index contributed by atoms with van der Waals surface area (Å²) < 4.78 is 49.5. The molecule has 1 N–H and O–H groups in total. The second-order valence-electron chi connectivity index (χ2n) is 2.44. The van der Waals surface area contributed by atoms with E-state index in [-0.39, 0.29) is 0 Å². The molecule has 1 aromatic rings. The maximum absolute atomic E-state index is 13.0. The number of rotatable bonds is 1. The maximum atomic E-state index is 13.0. The van der Waals surface area contributed by atoms with E-state index < -0.39 is 28.4 Å². The first kappa shape index (κ1) is 11.7. The van der Waals surface area contributed by atoms with Gasteiger partial charge in [0.2, 0.25) is 0 Å². The summed E-state index contributed by atoms with van der Waals surface area (Å²) in [6.07, 6.45) is -4.24. The lowest BCUT2D eigenvalue weighted by atomic mass is 10.2. The number of pyridine rings is 1. The van der Waals surface area contributed by atoms with Crippen molar-refractivity contribution < 1.29 is 22.8 Å². The van der Waals surface area contributed by atoms with Crippen LogP contribution in [0.5, 0.6) is 0 Å². The van der Waals surface area contributed by atoms with E-state index in [0.717, 1.165) is 0 Å². The number of hydrogen-bond acceptors (Lipinski definition) is 3. The van der Waals surface area contributed by atoms with Crippen LogP contribution in [0.3, 0.4) is 0 Å². The Morgan fingerprint density at radius 1 is 1.47 bits per heavy atom. The van der Waals surface area contributed by atoms with E-state index in [2.05, 4.69) is 10.1 Å². The van der Waals surface area contributed by atoms with Gasteiger partial charge in [-0.05, 0) is 6.07 Å². The summed E-state index contributed by atoms with van der Waals surface area (Å²) in [5.74, 6) is -1.18. The van der Waals surface area contributed by atoms with Gasteiger partial charge in [0.15, 0.2) is 11.0 Å². The van der Waals surface area contributed by atoms with Gasteiger partial charge in [0.25, 0.3) is 0 Å². The van der Waals surface area contributed by atoms with Gasteiger partial charge in [-0.3, -0.25) is 0 Å². The highest BCUT2D eigenvalue weighted by atomic mass is 35.5. The van der Waals surface area contributed by atoms with Crippen LogP contribution in [0.1, 0.15) is 11.3 Å². The van der Waals surface area contributed by atoms with E-state index in [1.54, 1.807) is 0 Å². The van der Waals surface area contributed by atoms with Crippen molar-refractivity contribution in [3.63, 3.8) is 0 Å². The molecule has 15 heavy (non-hydrogen) atoms. The standard InChI is InChI=1S/C7H3ClF4N2O/c8-6-5(9)3(2-13-15)1-4(14-6)7(10,11)12/h1-2,15H/b13-2+. The molecule has 0 saturated carbocycles. The van der Waals surface area contributed by atoms with Gasteiger partial charge in [-0.2, -0.15) is 13.2 Å². The maximum Gasteiger partial charge on any atom is 0.433 e. The van der Waals surface area contributed by atoms with Crippen LogP contribution >= 0.6 is 11.6 Å². The molecule has 8 heteroatoms. The average Bonchev–Trinajstić information content (AvgIpc) is 2.11. The van der Waals surface area contributed by atoms with E-state index in [1.807, 2.05) is 0 Å². The Labute approximate surface area is 86.0 Å². The molecule has 82 valence electrons. The second kappa shape index (κ2) is 4.01. The molecule has 0 atom stereocenters. The van der Waals surface area contributed by atoms with Crippen LogP contribution in [0.2, 0.25) is 5.15 Å². The van der Waals surface area contributed by atoms with Crippen molar-refractivity contribution in [3.8, 4) is 0 Å². The molecule has 0 amide bonds. The first-order valence-electron chi connectivity index (χ1n) is 3.47. The third-order valence-corrected chi connectivity index (χ3v) is 1.68. The average molecular weight is 243 g/mol. The Balaban J connectivity index is 3.36. The smallest absolute Gasteiger partial charge is 0.411 e. The van der Waals surface area contributed by atoms with Crippen LogP contribution in [0, 0.1) is 5.82 Å². The van der Waals surface area contributed by atoms with E-state index in [9.17, 15) is 17.6 Å². The summed E-state index contributed by atoms with van der Waals surface area (Å²) in [5, 5.41) is 9.57. The first-order valence-corrected chi connectivity index (χ1v) is 3.84. The lowest BCUT2D eigenvalue weighted by Crippen LogP contribution is -2.10. The molecule has 3 nitrogen and oxygen atoms in total. The highest BCUT2D eigenvalue weighted by molar-refractivity contribution is 6.29. The van der Waals surface area contributed by atoms with Gasteiger partial charge in [-0.1, -0.05) is 16.8 Å². The molecule has 0 aliphatic carbocycles. The summed E-state index contributed by atoms with van der Waals surface area (Å²) in [4.78, 5) is 2.81. The van der Waals surface area contributed by atoms with Crippen molar-refractivity contribution in [1.29, 1.82) is 0 Å². The van der Waals surface area contributed by atoms with Crippen molar-refractivity contribution in [3.05, 3.63) is 28.3 Å². The fourth-order valence-electron chi connectivity index (χ4n) is 0.818. The van der Waals surface area contributed by atoms with Crippen molar-refractivity contribution in [1.82, 2.24) is 4.98 Å². The molecule has 0 aliphatic heterocycles. The van der Waals surface area contributed by atoms with E-state index in [4.69, 9.17) is 16.8 Å². The molecule has 0 radical (unpaired) electrons. The summed E-state index contributed by atoms with van der Waals surface area (Å²) in [5.41, 5.74) is -1.95. The fraction of sp³-hybridized carbons (Fsp3) is 0.143. The summed E-state index contributed by atoms with van der Waals surface area (Å²) >= 11 is 5.13. The predicted octanol–water partition coefficient (Wildman–Crippen LogP) is 2.70. The molecule has 0 saturated heterocycles. The minimum Gasteiger partial charge on any atom is -0.411 e. The number of nitrogens with zero attached hydrogens (tertiary/aromatic N) is 2. The zero-order chi connectivity index (χ0) is 11.6. The van der Waals surface area contributed by atoms with Gasteiger partial charge in [0.1, 0.15) is 5.69 Å². The fourth-order valence-corrected chi connectivity index (χ4v) is 1.02.